The van der Waals surface area contributed by atoms with E-state index in [4.69, 9.17) is 16.6 Å². The van der Waals surface area contributed by atoms with Crippen LogP contribution in [0.1, 0.15) is 41.3 Å². The van der Waals surface area contributed by atoms with Crippen LogP contribution in [-0.4, -0.2) is 33.3 Å². The predicted octanol–water partition coefficient (Wildman–Crippen LogP) is 4.87. The highest BCUT2D eigenvalue weighted by Crippen LogP contribution is 2.41. The Bertz CT molecular complexity index is 992. The molecule has 27 heavy (non-hydrogen) atoms. The second-order valence-electron chi connectivity index (χ2n) is 6.82. The van der Waals surface area contributed by atoms with Gasteiger partial charge in [0.15, 0.2) is 0 Å². The number of nitrogens with zero attached hydrogens (tertiary/aromatic N) is 2. The first-order chi connectivity index (χ1) is 13.0. The summed E-state index contributed by atoms with van der Waals surface area (Å²) in [5, 5.41) is 0.296. The summed E-state index contributed by atoms with van der Waals surface area (Å²) < 4.78 is 0.772. The molecule has 2 aromatic rings. The van der Waals surface area contributed by atoms with Crippen molar-refractivity contribution in [1.82, 2.24) is 4.90 Å². The van der Waals surface area contributed by atoms with E-state index in [9.17, 15) is 4.79 Å². The molecule has 2 aliphatic rings. The largest absolute Gasteiger partial charge is 0.333 e. The Morgan fingerprint density at radius 1 is 1.41 bits per heavy atom. The maximum atomic E-state index is 12.4. The van der Waals surface area contributed by atoms with Crippen LogP contribution in [0.2, 0.25) is 4.34 Å². The average molecular weight is 417 g/mol. The average Bonchev–Trinajstić information content (AvgIpc) is 3.20. The number of benzene rings is 1. The quantitative estimate of drug-likeness (QED) is 0.432. The van der Waals surface area contributed by atoms with Crippen LogP contribution in [-0.2, 0) is 11.3 Å². The Hall–Kier alpha value is -1.69. The van der Waals surface area contributed by atoms with Crippen LogP contribution < -0.4 is 0 Å². The molecule has 1 unspecified atom stereocenters. The number of hydrogen-bond acceptors (Lipinski definition) is 3. The Morgan fingerprint density at radius 2 is 2.19 bits per heavy atom. The van der Waals surface area contributed by atoms with Gasteiger partial charge in [-0.2, -0.15) is 11.4 Å². The van der Waals surface area contributed by atoms with Gasteiger partial charge >= 0.3 is 0 Å². The minimum Gasteiger partial charge on any atom is -0.333 e. The van der Waals surface area contributed by atoms with Crippen molar-refractivity contribution in [3.05, 3.63) is 68.9 Å². The predicted molar refractivity (Wildman–Crippen MR) is 119 cm³/mol. The van der Waals surface area contributed by atoms with Gasteiger partial charge < -0.3 is 4.90 Å². The van der Waals surface area contributed by atoms with Crippen LogP contribution >= 0.6 is 34.3 Å². The van der Waals surface area contributed by atoms with Crippen molar-refractivity contribution in [2.75, 3.05) is 6.54 Å². The number of carbonyl (C=O) groups is 1. The zero-order chi connectivity index (χ0) is 19.1. The number of aliphatic imine (C=N–C) groups is 1. The molecular weight excluding hydrogens is 396 g/mol. The Kier molecular flexibility index (Phi) is 5.10. The highest BCUT2D eigenvalue weighted by atomic mass is 35.5. The normalized spacial score (nSPS) is 21.8. The zero-order valence-corrected chi connectivity index (χ0v) is 17.7. The lowest BCUT2D eigenvalue weighted by atomic mass is 9.84. The molecule has 2 aliphatic heterocycles. The number of amides is 1. The first kappa shape index (κ1) is 18.7. The highest BCUT2D eigenvalue weighted by Gasteiger charge is 2.32. The van der Waals surface area contributed by atoms with Crippen LogP contribution in [0.4, 0.5) is 0 Å². The van der Waals surface area contributed by atoms with Crippen molar-refractivity contribution in [3.8, 4) is 0 Å². The van der Waals surface area contributed by atoms with Gasteiger partial charge in [-0.05, 0) is 42.7 Å². The van der Waals surface area contributed by atoms with Crippen LogP contribution in [0.25, 0.3) is 0 Å². The molecule has 2 atom stereocenters. The number of carbonyl (C=O) groups excluding carboxylic acids is 1. The van der Waals surface area contributed by atoms with E-state index in [0.717, 1.165) is 14.9 Å². The van der Waals surface area contributed by atoms with E-state index in [-0.39, 0.29) is 11.8 Å². The van der Waals surface area contributed by atoms with Gasteiger partial charge in [0.05, 0.1) is 16.3 Å². The molecule has 140 valence electrons. The maximum Gasteiger partial charge on any atom is 0.246 e. The minimum atomic E-state index is -0.0364. The molecule has 3 nitrogen and oxygen atoms in total. The summed E-state index contributed by atoms with van der Waals surface area (Å²) in [5.41, 5.74) is 4.82. The first-order valence-electron chi connectivity index (χ1n) is 8.89. The molecule has 0 radical (unpaired) electrons. The first-order valence-corrected chi connectivity index (χ1v) is 11.0. The number of thiophene rings is 1. The van der Waals surface area contributed by atoms with Crippen molar-refractivity contribution >= 4 is 50.8 Å². The van der Waals surface area contributed by atoms with E-state index in [0.29, 0.717) is 18.5 Å². The molecule has 1 amide bonds. The van der Waals surface area contributed by atoms with Crippen LogP contribution in [0, 0.1) is 0 Å². The van der Waals surface area contributed by atoms with E-state index in [1.165, 1.54) is 39.0 Å². The van der Waals surface area contributed by atoms with Crippen molar-refractivity contribution in [3.63, 3.8) is 0 Å². The monoisotopic (exact) mass is 416 g/mol. The number of thiol groups is 1. The van der Waals surface area contributed by atoms with Crippen LogP contribution in [0.3, 0.4) is 0 Å². The van der Waals surface area contributed by atoms with E-state index in [1.807, 2.05) is 4.90 Å². The Labute approximate surface area is 172 Å². The number of rotatable bonds is 3. The third-order valence-electron chi connectivity index (χ3n) is 5.04. The van der Waals surface area contributed by atoms with Gasteiger partial charge in [-0.15, -0.1) is 11.3 Å². The molecule has 3 heterocycles. The van der Waals surface area contributed by atoms with Gasteiger partial charge in [0.25, 0.3) is 0 Å². The molecule has 0 saturated carbocycles. The van der Waals surface area contributed by atoms with Crippen LogP contribution in [0.5, 0.6) is 0 Å². The standard InChI is InChI=1S/C21H21ClN2OS2/c1-4-20(25)24-10-17(16-9-19(22)27-18(16)11-24)14-7-5-6-8-15(14)21-12(2)23-13(3)26-21/h4-9,13,17,26H,1,10-11H2,2-3H3/t13?,17-/m0/s1. The number of hydrogen-bond donors (Lipinski definition) is 1. The number of fused-ring (bicyclic) bond motifs is 1. The number of halogens is 1. The van der Waals surface area contributed by atoms with E-state index in [2.05, 4.69) is 50.8 Å². The molecule has 0 aliphatic carbocycles. The van der Waals surface area contributed by atoms with Crippen molar-refractivity contribution in [1.29, 1.82) is 0 Å². The summed E-state index contributed by atoms with van der Waals surface area (Å²) >= 11 is 9.15. The second-order valence-corrected chi connectivity index (χ2v) is 10.0. The molecule has 0 saturated heterocycles. The van der Waals surface area contributed by atoms with E-state index >= 15 is 0 Å². The molecule has 0 bridgehead atoms. The smallest absolute Gasteiger partial charge is 0.246 e. The summed E-state index contributed by atoms with van der Waals surface area (Å²) in [5.74, 6) is 0.0645. The molecule has 0 fully saturated rings. The van der Waals surface area contributed by atoms with Crippen molar-refractivity contribution in [2.24, 2.45) is 4.99 Å². The summed E-state index contributed by atoms with van der Waals surface area (Å²) in [6.07, 6.45) is 1.39. The van der Waals surface area contributed by atoms with Crippen LogP contribution in [0.15, 0.2) is 48.0 Å². The van der Waals surface area contributed by atoms with Gasteiger partial charge in [0, 0.05) is 27.9 Å². The van der Waals surface area contributed by atoms with E-state index in [1.54, 1.807) is 11.3 Å². The Morgan fingerprint density at radius 3 is 2.89 bits per heavy atom. The molecule has 1 aromatic carbocycles. The lowest BCUT2D eigenvalue weighted by Crippen LogP contribution is -2.37. The zero-order valence-electron chi connectivity index (χ0n) is 15.3. The van der Waals surface area contributed by atoms with Gasteiger partial charge in [0.1, 0.15) is 0 Å². The third kappa shape index (κ3) is 3.44. The third-order valence-corrected chi connectivity index (χ3v) is 7.62. The van der Waals surface area contributed by atoms with Gasteiger partial charge in [0.2, 0.25) is 5.91 Å². The fourth-order valence-corrected chi connectivity index (χ4v) is 6.43. The topological polar surface area (TPSA) is 32.7 Å². The fraction of sp³-hybridized carbons (Fsp3) is 0.286. The second kappa shape index (κ2) is 7.38. The molecule has 4 rings (SSSR count). The van der Waals surface area contributed by atoms with Crippen molar-refractivity contribution < 1.29 is 4.79 Å². The fourth-order valence-electron chi connectivity index (χ4n) is 3.88. The molecule has 1 aromatic heterocycles. The minimum absolute atomic E-state index is 0.0364. The lowest BCUT2D eigenvalue weighted by molar-refractivity contribution is -0.127. The molecular formula is C21H21ClN2OS2. The summed E-state index contributed by atoms with van der Waals surface area (Å²) in [6, 6.07) is 10.6. The SMILES string of the molecule is C=CC(=O)N1Cc2sc(Cl)cc2[C@H](c2ccccc2C2=[SH]C(C)N=C2C)C1. The van der Waals surface area contributed by atoms with Gasteiger partial charge in [-0.1, -0.05) is 42.4 Å². The van der Waals surface area contributed by atoms with E-state index < -0.39 is 0 Å². The molecule has 6 heteroatoms. The van der Waals surface area contributed by atoms with Gasteiger partial charge in [-0.3, -0.25) is 9.79 Å². The van der Waals surface area contributed by atoms with Crippen molar-refractivity contribution in [2.45, 2.75) is 31.7 Å². The summed E-state index contributed by atoms with van der Waals surface area (Å²) in [4.78, 5) is 21.4. The summed E-state index contributed by atoms with van der Waals surface area (Å²) in [7, 11) is 0. The highest BCUT2D eigenvalue weighted by molar-refractivity contribution is 8.01. The maximum absolute atomic E-state index is 12.4. The van der Waals surface area contributed by atoms with Gasteiger partial charge in [-0.25, -0.2) is 0 Å². The molecule has 0 spiro atoms. The molecule has 0 N–H and O–H groups in total. The lowest BCUT2D eigenvalue weighted by Gasteiger charge is -2.33. The Balaban J connectivity index is 1.83. The summed E-state index contributed by atoms with van der Waals surface area (Å²) in [6.45, 7) is 9.12.